The molecule has 1 aliphatic rings. The number of urea groups is 1. The van der Waals surface area contributed by atoms with E-state index in [2.05, 4.69) is 5.32 Å². The number of aliphatic hydroxyl groups is 1. The number of aromatic carboxylic acids is 1. The summed E-state index contributed by atoms with van der Waals surface area (Å²) in [7, 11) is 1.52. The van der Waals surface area contributed by atoms with Gasteiger partial charge in [-0.3, -0.25) is 5.32 Å². The minimum atomic E-state index is -1.31. The van der Waals surface area contributed by atoms with Crippen LogP contribution in [0.15, 0.2) is 0 Å². The van der Waals surface area contributed by atoms with Crippen LogP contribution in [0, 0.1) is 0 Å². The summed E-state index contributed by atoms with van der Waals surface area (Å²) in [6.45, 7) is 4.09. The fraction of sp³-hybridized carbons (Fsp3) is 0.571. The number of hydrogen-bond acceptors (Lipinski definition) is 6. The zero-order chi connectivity index (χ0) is 16.5. The second-order valence-electron chi connectivity index (χ2n) is 5.80. The van der Waals surface area contributed by atoms with Crippen LogP contribution in [0.1, 0.15) is 34.6 Å². The van der Waals surface area contributed by atoms with Gasteiger partial charge in [-0.15, -0.1) is 11.3 Å². The third-order valence-corrected chi connectivity index (χ3v) is 4.61. The first kappa shape index (κ1) is 16.7. The number of hydrogen-bond donors (Lipinski definition) is 2. The largest absolute Gasteiger partial charge is 0.545 e. The third kappa shape index (κ3) is 3.40. The van der Waals surface area contributed by atoms with Gasteiger partial charge in [-0.2, -0.15) is 0 Å². The normalized spacial score (nSPS) is 16.0. The van der Waals surface area contributed by atoms with Crippen molar-refractivity contribution in [3.8, 4) is 0 Å². The van der Waals surface area contributed by atoms with Crippen LogP contribution in [0.5, 0.6) is 0 Å². The molecule has 1 aliphatic heterocycles. The Morgan fingerprint density at radius 2 is 2.18 bits per heavy atom. The van der Waals surface area contributed by atoms with E-state index in [4.69, 9.17) is 9.84 Å². The molecule has 2 N–H and O–H groups in total. The number of nitrogens with zero attached hydrogens (tertiary/aromatic N) is 1. The molecule has 2 rings (SSSR count). The summed E-state index contributed by atoms with van der Waals surface area (Å²) in [6.07, 6.45) is 0.449. The number of aliphatic hydroxyl groups excluding tert-OH is 1. The van der Waals surface area contributed by atoms with E-state index in [1.807, 2.05) is 13.8 Å². The second kappa shape index (κ2) is 6.23. The zero-order valence-corrected chi connectivity index (χ0v) is 13.6. The van der Waals surface area contributed by atoms with Gasteiger partial charge in [-0.05, 0) is 19.4 Å². The molecule has 0 radical (unpaired) electrons. The van der Waals surface area contributed by atoms with Crippen LogP contribution >= 0.6 is 11.3 Å². The van der Waals surface area contributed by atoms with E-state index in [0.717, 1.165) is 4.88 Å². The third-order valence-electron chi connectivity index (χ3n) is 3.49. The number of carboxylic acid groups (broad SMARTS) is 1. The monoisotopic (exact) mass is 327 g/mol. The lowest BCUT2D eigenvalue weighted by Gasteiger charge is -2.30. The number of amides is 2. The Bertz CT molecular complexity index is 596. The Hall–Kier alpha value is -1.64. The standard InChI is InChI=1S/C14H20N2O5S/c1-14(2)6-8-9(7-21-14)22-11(10(8)12(18)19)15-13(20)16(3)4-5-17/h17H,4-7H2,1-3H3,(H,15,20)(H,18,19)/p-1. The Morgan fingerprint density at radius 3 is 2.77 bits per heavy atom. The number of carboxylic acids is 1. The Balaban J connectivity index is 2.31. The highest BCUT2D eigenvalue weighted by Gasteiger charge is 2.32. The summed E-state index contributed by atoms with van der Waals surface area (Å²) in [6, 6.07) is -0.477. The maximum Gasteiger partial charge on any atom is 0.322 e. The summed E-state index contributed by atoms with van der Waals surface area (Å²) >= 11 is 1.19. The molecule has 0 atom stereocenters. The molecule has 0 aliphatic carbocycles. The molecular formula is C14H19N2O5S-. The molecule has 0 saturated heterocycles. The van der Waals surface area contributed by atoms with E-state index in [0.29, 0.717) is 18.6 Å². The molecular weight excluding hydrogens is 308 g/mol. The molecule has 2 heterocycles. The van der Waals surface area contributed by atoms with Gasteiger partial charge >= 0.3 is 6.03 Å². The molecule has 1 aromatic rings. The van der Waals surface area contributed by atoms with E-state index in [9.17, 15) is 14.7 Å². The predicted octanol–water partition coefficient (Wildman–Crippen LogP) is 0.419. The smallest absolute Gasteiger partial charge is 0.322 e. The van der Waals surface area contributed by atoms with E-state index in [-0.39, 0.29) is 23.7 Å². The maximum atomic E-state index is 12.0. The number of carbonyl (C=O) groups is 2. The van der Waals surface area contributed by atoms with Gasteiger partial charge in [-0.25, -0.2) is 4.79 Å². The lowest BCUT2D eigenvalue weighted by Crippen LogP contribution is -2.35. The highest BCUT2D eigenvalue weighted by Crippen LogP contribution is 2.40. The molecule has 22 heavy (non-hydrogen) atoms. The van der Waals surface area contributed by atoms with Crippen LogP contribution in [0.25, 0.3) is 0 Å². The van der Waals surface area contributed by atoms with Crippen LogP contribution in [0.4, 0.5) is 9.80 Å². The molecule has 0 fully saturated rings. The Kier molecular flexibility index (Phi) is 4.74. The Labute approximate surface area is 132 Å². The van der Waals surface area contributed by atoms with Crippen molar-refractivity contribution in [1.82, 2.24) is 4.90 Å². The fourth-order valence-corrected chi connectivity index (χ4v) is 3.41. The summed E-state index contributed by atoms with van der Waals surface area (Å²) in [5.41, 5.74) is 0.247. The van der Waals surface area contributed by atoms with Crippen molar-refractivity contribution in [2.75, 3.05) is 25.5 Å². The van der Waals surface area contributed by atoms with E-state index in [1.54, 1.807) is 0 Å². The average Bonchev–Trinajstić information content (AvgIpc) is 2.74. The Morgan fingerprint density at radius 1 is 1.50 bits per heavy atom. The number of likely N-dealkylation sites (N-methyl/N-ethyl adjacent to an activating group) is 1. The van der Waals surface area contributed by atoms with Crippen molar-refractivity contribution in [3.05, 3.63) is 16.0 Å². The van der Waals surface area contributed by atoms with E-state index >= 15 is 0 Å². The maximum absolute atomic E-state index is 12.0. The van der Waals surface area contributed by atoms with Crippen LogP contribution < -0.4 is 10.4 Å². The highest BCUT2D eigenvalue weighted by atomic mass is 32.1. The molecule has 0 spiro atoms. The first-order valence-electron chi connectivity index (χ1n) is 6.88. The van der Waals surface area contributed by atoms with Crippen molar-refractivity contribution in [2.24, 2.45) is 0 Å². The molecule has 0 aromatic carbocycles. The van der Waals surface area contributed by atoms with E-state index < -0.39 is 17.6 Å². The van der Waals surface area contributed by atoms with Gasteiger partial charge in [-0.1, -0.05) is 0 Å². The summed E-state index contributed by atoms with van der Waals surface area (Å²) in [5, 5.41) is 23.2. The molecule has 1 aromatic heterocycles. The fourth-order valence-electron chi connectivity index (χ4n) is 2.30. The van der Waals surface area contributed by atoms with Gasteiger partial charge < -0.3 is 24.6 Å². The van der Waals surface area contributed by atoms with Crippen molar-refractivity contribution in [2.45, 2.75) is 32.5 Å². The average molecular weight is 327 g/mol. The molecule has 0 unspecified atom stereocenters. The predicted molar refractivity (Wildman–Crippen MR) is 80.0 cm³/mol. The number of thiophene rings is 1. The van der Waals surface area contributed by atoms with Crippen molar-refractivity contribution in [1.29, 1.82) is 0 Å². The number of ether oxygens (including phenoxy) is 1. The number of nitrogens with one attached hydrogen (secondary N) is 1. The van der Waals surface area contributed by atoms with Gasteiger partial charge in [0.1, 0.15) is 5.00 Å². The lowest BCUT2D eigenvalue weighted by molar-refractivity contribution is -0.255. The van der Waals surface area contributed by atoms with Gasteiger partial charge in [0.05, 0.1) is 24.8 Å². The SMILES string of the molecule is CN(CCO)C(=O)Nc1sc2c(c1C(=O)[O-])CC(C)(C)OC2. The first-order valence-corrected chi connectivity index (χ1v) is 7.69. The van der Waals surface area contributed by atoms with Crippen molar-refractivity contribution < 1.29 is 24.5 Å². The molecule has 7 nitrogen and oxygen atoms in total. The molecule has 8 heteroatoms. The van der Waals surface area contributed by atoms with Crippen molar-refractivity contribution in [3.63, 3.8) is 0 Å². The van der Waals surface area contributed by atoms with E-state index in [1.165, 1.54) is 23.3 Å². The van der Waals surface area contributed by atoms with Crippen LogP contribution in [0.2, 0.25) is 0 Å². The summed E-state index contributed by atoms with van der Waals surface area (Å²) in [4.78, 5) is 25.5. The minimum absolute atomic E-state index is 0.0297. The van der Waals surface area contributed by atoms with Crippen LogP contribution in [-0.4, -0.2) is 47.8 Å². The van der Waals surface area contributed by atoms with Crippen LogP contribution in [-0.2, 0) is 17.8 Å². The quantitative estimate of drug-likeness (QED) is 0.834. The molecule has 122 valence electrons. The van der Waals surface area contributed by atoms with Crippen LogP contribution in [0.3, 0.4) is 0 Å². The lowest BCUT2D eigenvalue weighted by atomic mass is 9.93. The van der Waals surface area contributed by atoms with Gasteiger partial charge in [0, 0.05) is 30.5 Å². The van der Waals surface area contributed by atoms with Gasteiger partial charge in [0.25, 0.3) is 0 Å². The molecule has 0 saturated carbocycles. The number of carbonyl (C=O) groups excluding carboxylic acids is 2. The summed E-state index contributed by atoms with van der Waals surface area (Å²) < 4.78 is 5.67. The highest BCUT2D eigenvalue weighted by molar-refractivity contribution is 7.16. The molecule has 2 amide bonds. The molecule has 0 bridgehead atoms. The van der Waals surface area contributed by atoms with Gasteiger partial charge in [0.2, 0.25) is 0 Å². The summed E-state index contributed by atoms with van der Waals surface area (Å²) in [5.74, 6) is -1.31. The van der Waals surface area contributed by atoms with Crippen molar-refractivity contribution >= 4 is 28.3 Å². The minimum Gasteiger partial charge on any atom is -0.545 e. The second-order valence-corrected chi connectivity index (χ2v) is 6.90. The van der Waals surface area contributed by atoms with Gasteiger partial charge in [0.15, 0.2) is 0 Å². The number of fused-ring (bicyclic) bond motifs is 1. The topological polar surface area (TPSA) is 102 Å². The number of rotatable bonds is 4. The first-order chi connectivity index (χ1) is 10.2. The number of anilines is 1. The zero-order valence-electron chi connectivity index (χ0n) is 12.8.